The van der Waals surface area contributed by atoms with Crippen LogP contribution in [0.25, 0.3) is 11.3 Å². The monoisotopic (exact) mass is 291 g/mol. The van der Waals surface area contributed by atoms with Gasteiger partial charge in [-0.25, -0.2) is 4.98 Å². The number of nitrogens with zero attached hydrogens (tertiary/aromatic N) is 2. The maximum atomic E-state index is 12.5. The number of oxazole rings is 1. The van der Waals surface area contributed by atoms with Crippen molar-refractivity contribution in [3.63, 3.8) is 0 Å². The van der Waals surface area contributed by atoms with E-state index >= 15 is 0 Å². The predicted octanol–water partition coefficient (Wildman–Crippen LogP) is 2.17. The van der Waals surface area contributed by atoms with Crippen molar-refractivity contribution in [2.24, 2.45) is 5.73 Å². The first kappa shape index (κ1) is 13.1. The summed E-state index contributed by atoms with van der Waals surface area (Å²) in [6.07, 6.45) is 2.08. The molecule has 104 valence electrons. The minimum Gasteiger partial charge on any atom is -0.443 e. The second kappa shape index (κ2) is 5.26. The third-order valence-corrected chi connectivity index (χ3v) is 3.73. The summed E-state index contributed by atoms with van der Waals surface area (Å²) in [5.41, 5.74) is 6.78. The van der Waals surface area contributed by atoms with Crippen LogP contribution in [0, 0.1) is 0 Å². The molecule has 1 unspecified atom stereocenters. The van der Waals surface area contributed by atoms with Gasteiger partial charge in [0.05, 0.1) is 5.02 Å². The van der Waals surface area contributed by atoms with Crippen LogP contribution in [0.1, 0.15) is 16.9 Å². The summed E-state index contributed by atoms with van der Waals surface area (Å²) in [7, 11) is 0. The third kappa shape index (κ3) is 2.30. The van der Waals surface area contributed by atoms with Crippen molar-refractivity contribution in [3.05, 3.63) is 41.4 Å². The molecule has 1 aliphatic heterocycles. The van der Waals surface area contributed by atoms with Gasteiger partial charge in [-0.3, -0.25) is 4.79 Å². The molecule has 2 N–H and O–H groups in total. The van der Waals surface area contributed by atoms with Crippen LogP contribution in [0.2, 0.25) is 5.02 Å². The summed E-state index contributed by atoms with van der Waals surface area (Å²) in [4.78, 5) is 18.2. The number of rotatable bonds is 2. The van der Waals surface area contributed by atoms with Gasteiger partial charge in [-0.05, 0) is 18.6 Å². The van der Waals surface area contributed by atoms with E-state index in [1.165, 1.54) is 6.39 Å². The SMILES string of the molecule is NC1CCN(C(=O)c2ncoc2-c2ccccc2Cl)C1. The molecule has 1 saturated heterocycles. The molecule has 5 nitrogen and oxygen atoms in total. The molecule has 1 atom stereocenters. The standard InChI is InChI=1S/C14H14ClN3O2/c15-11-4-2-1-3-10(11)13-12(17-8-20-13)14(19)18-6-5-9(16)7-18/h1-4,8-9H,5-7,16H2. The molecule has 0 saturated carbocycles. The number of hydrogen-bond acceptors (Lipinski definition) is 4. The van der Waals surface area contributed by atoms with Crippen LogP contribution in [0.15, 0.2) is 35.1 Å². The van der Waals surface area contributed by atoms with Gasteiger partial charge in [0.15, 0.2) is 17.8 Å². The van der Waals surface area contributed by atoms with E-state index in [9.17, 15) is 4.79 Å². The third-order valence-electron chi connectivity index (χ3n) is 3.40. The Kier molecular flexibility index (Phi) is 3.46. The Morgan fingerprint density at radius 1 is 1.45 bits per heavy atom. The van der Waals surface area contributed by atoms with E-state index < -0.39 is 0 Å². The lowest BCUT2D eigenvalue weighted by Gasteiger charge is -2.14. The number of benzene rings is 1. The molecule has 0 aliphatic carbocycles. The molecule has 0 bridgehead atoms. The molecule has 1 aliphatic rings. The highest BCUT2D eigenvalue weighted by molar-refractivity contribution is 6.33. The molecule has 0 spiro atoms. The smallest absolute Gasteiger partial charge is 0.276 e. The van der Waals surface area contributed by atoms with Gasteiger partial charge < -0.3 is 15.1 Å². The fourth-order valence-corrected chi connectivity index (χ4v) is 2.58. The Labute approximate surface area is 121 Å². The van der Waals surface area contributed by atoms with Crippen molar-refractivity contribution in [2.75, 3.05) is 13.1 Å². The summed E-state index contributed by atoms with van der Waals surface area (Å²) >= 11 is 6.14. The Balaban J connectivity index is 1.95. The first-order valence-corrected chi connectivity index (χ1v) is 6.78. The lowest BCUT2D eigenvalue weighted by atomic mass is 10.1. The van der Waals surface area contributed by atoms with Gasteiger partial charge in [-0.1, -0.05) is 23.7 Å². The zero-order valence-corrected chi connectivity index (χ0v) is 11.5. The van der Waals surface area contributed by atoms with Gasteiger partial charge in [0.25, 0.3) is 5.91 Å². The zero-order chi connectivity index (χ0) is 14.1. The number of nitrogens with two attached hydrogens (primary N) is 1. The van der Waals surface area contributed by atoms with Crippen LogP contribution >= 0.6 is 11.6 Å². The van der Waals surface area contributed by atoms with Crippen LogP contribution in [0.5, 0.6) is 0 Å². The zero-order valence-electron chi connectivity index (χ0n) is 10.8. The number of hydrogen-bond donors (Lipinski definition) is 1. The number of amides is 1. The Morgan fingerprint density at radius 3 is 2.95 bits per heavy atom. The topological polar surface area (TPSA) is 72.4 Å². The summed E-state index contributed by atoms with van der Waals surface area (Å²) in [6, 6.07) is 7.25. The molecule has 1 amide bonds. The number of carbonyl (C=O) groups is 1. The van der Waals surface area contributed by atoms with Gasteiger partial charge >= 0.3 is 0 Å². The lowest BCUT2D eigenvalue weighted by Crippen LogP contribution is -2.32. The highest BCUT2D eigenvalue weighted by Gasteiger charge is 2.29. The molecule has 1 aromatic carbocycles. The molecular formula is C14H14ClN3O2. The molecular weight excluding hydrogens is 278 g/mol. The summed E-state index contributed by atoms with van der Waals surface area (Å²) in [6.45, 7) is 1.20. The van der Waals surface area contributed by atoms with E-state index in [2.05, 4.69) is 4.98 Å². The van der Waals surface area contributed by atoms with Crippen LogP contribution in [-0.2, 0) is 0 Å². The fraction of sp³-hybridized carbons (Fsp3) is 0.286. The van der Waals surface area contributed by atoms with E-state index in [0.717, 1.165) is 6.42 Å². The Hall–Kier alpha value is -1.85. The normalized spacial score (nSPS) is 18.5. The number of halogens is 1. The molecule has 2 aromatic rings. The van der Waals surface area contributed by atoms with Crippen molar-refractivity contribution in [3.8, 4) is 11.3 Å². The largest absolute Gasteiger partial charge is 0.443 e. The van der Waals surface area contributed by atoms with Crippen molar-refractivity contribution >= 4 is 17.5 Å². The first-order valence-electron chi connectivity index (χ1n) is 6.40. The minimum atomic E-state index is -0.165. The predicted molar refractivity (Wildman–Crippen MR) is 75.4 cm³/mol. The van der Waals surface area contributed by atoms with Gasteiger partial charge in [-0.2, -0.15) is 0 Å². The second-order valence-corrected chi connectivity index (χ2v) is 5.22. The second-order valence-electron chi connectivity index (χ2n) is 4.81. The summed E-state index contributed by atoms with van der Waals surface area (Å²) < 4.78 is 5.36. The highest BCUT2D eigenvalue weighted by Crippen LogP contribution is 2.30. The van der Waals surface area contributed by atoms with E-state index in [4.69, 9.17) is 21.8 Å². The Bertz CT molecular complexity index is 641. The molecule has 6 heteroatoms. The molecule has 3 rings (SSSR count). The van der Waals surface area contributed by atoms with Gasteiger partial charge in [-0.15, -0.1) is 0 Å². The maximum absolute atomic E-state index is 12.5. The van der Waals surface area contributed by atoms with Crippen molar-refractivity contribution in [2.45, 2.75) is 12.5 Å². The van der Waals surface area contributed by atoms with E-state index in [1.54, 1.807) is 17.0 Å². The van der Waals surface area contributed by atoms with Crippen molar-refractivity contribution < 1.29 is 9.21 Å². The van der Waals surface area contributed by atoms with E-state index in [1.807, 2.05) is 12.1 Å². The summed E-state index contributed by atoms with van der Waals surface area (Å²) in [5, 5.41) is 0.524. The lowest BCUT2D eigenvalue weighted by molar-refractivity contribution is 0.0786. The summed E-state index contributed by atoms with van der Waals surface area (Å²) in [5.74, 6) is 0.239. The van der Waals surface area contributed by atoms with Crippen LogP contribution in [0.4, 0.5) is 0 Å². The van der Waals surface area contributed by atoms with Gasteiger partial charge in [0.1, 0.15) is 0 Å². The van der Waals surface area contributed by atoms with Crippen LogP contribution in [0.3, 0.4) is 0 Å². The van der Waals surface area contributed by atoms with Crippen molar-refractivity contribution in [1.82, 2.24) is 9.88 Å². The maximum Gasteiger partial charge on any atom is 0.276 e. The quantitative estimate of drug-likeness (QED) is 0.920. The average molecular weight is 292 g/mol. The van der Waals surface area contributed by atoms with Gasteiger partial charge in [0, 0.05) is 24.7 Å². The average Bonchev–Trinajstić information content (AvgIpc) is 3.07. The van der Waals surface area contributed by atoms with Crippen LogP contribution in [-0.4, -0.2) is 34.9 Å². The first-order chi connectivity index (χ1) is 9.66. The molecule has 2 heterocycles. The molecule has 1 fully saturated rings. The van der Waals surface area contributed by atoms with E-state index in [0.29, 0.717) is 29.4 Å². The van der Waals surface area contributed by atoms with Gasteiger partial charge in [0.2, 0.25) is 0 Å². The Morgan fingerprint density at radius 2 is 2.25 bits per heavy atom. The number of carbonyl (C=O) groups excluding carboxylic acids is 1. The van der Waals surface area contributed by atoms with Crippen molar-refractivity contribution in [1.29, 1.82) is 0 Å². The minimum absolute atomic E-state index is 0.0367. The van der Waals surface area contributed by atoms with E-state index in [-0.39, 0.29) is 17.6 Å². The molecule has 0 radical (unpaired) electrons. The molecule has 20 heavy (non-hydrogen) atoms. The molecule has 1 aromatic heterocycles. The fourth-order valence-electron chi connectivity index (χ4n) is 2.36. The van der Waals surface area contributed by atoms with Crippen LogP contribution < -0.4 is 5.73 Å². The highest BCUT2D eigenvalue weighted by atomic mass is 35.5. The number of aromatic nitrogens is 1. The number of likely N-dealkylation sites (tertiary alicyclic amines) is 1.